The molecule has 0 aliphatic carbocycles. The molecule has 0 aliphatic heterocycles. The van der Waals surface area contributed by atoms with Crippen molar-refractivity contribution < 1.29 is 0 Å². The van der Waals surface area contributed by atoms with E-state index < -0.39 is 0 Å². The van der Waals surface area contributed by atoms with Gasteiger partial charge in [-0.3, -0.25) is 0 Å². The van der Waals surface area contributed by atoms with Gasteiger partial charge < -0.3 is 11.5 Å². The summed E-state index contributed by atoms with van der Waals surface area (Å²) in [5, 5.41) is 0. The summed E-state index contributed by atoms with van der Waals surface area (Å²) in [7, 11) is 0. The Morgan fingerprint density at radius 3 is 2.67 bits per heavy atom. The lowest BCUT2D eigenvalue weighted by molar-refractivity contribution is 0.831. The molecule has 0 bridgehead atoms. The average Bonchev–Trinajstić information content (AvgIpc) is 2.07. The highest BCUT2D eigenvalue weighted by molar-refractivity contribution is 7.80. The van der Waals surface area contributed by atoms with Gasteiger partial charge in [-0.1, -0.05) is 6.07 Å². The molecule has 0 saturated carbocycles. The number of benzene rings is 1. The van der Waals surface area contributed by atoms with E-state index >= 15 is 0 Å². The Kier molecular flexibility index (Phi) is 3.44. The van der Waals surface area contributed by atoms with Crippen LogP contribution in [-0.4, -0.2) is 6.54 Å². The van der Waals surface area contributed by atoms with Gasteiger partial charge in [0, 0.05) is 10.6 Å². The van der Waals surface area contributed by atoms with E-state index in [1.54, 1.807) is 0 Å². The minimum Gasteiger partial charge on any atom is -0.398 e. The van der Waals surface area contributed by atoms with Crippen molar-refractivity contribution in [3.8, 4) is 0 Å². The third-order valence-corrected chi connectivity index (χ3v) is 2.15. The van der Waals surface area contributed by atoms with E-state index in [0.29, 0.717) is 0 Å². The fourth-order valence-electron chi connectivity index (χ4n) is 1.05. The van der Waals surface area contributed by atoms with Gasteiger partial charge in [-0.25, -0.2) is 0 Å². The van der Waals surface area contributed by atoms with Crippen LogP contribution in [-0.2, 0) is 6.42 Å². The molecule has 0 amide bonds. The van der Waals surface area contributed by atoms with Gasteiger partial charge in [0.25, 0.3) is 0 Å². The van der Waals surface area contributed by atoms with Crippen molar-refractivity contribution in [3.63, 3.8) is 0 Å². The normalized spacial score (nSPS) is 10.2. The fourth-order valence-corrected chi connectivity index (χ4v) is 1.29. The predicted molar refractivity (Wildman–Crippen MR) is 55.5 cm³/mol. The van der Waals surface area contributed by atoms with Crippen LogP contribution in [0.5, 0.6) is 0 Å². The molecule has 0 spiro atoms. The summed E-state index contributed by atoms with van der Waals surface area (Å²) in [4.78, 5) is 0.851. The van der Waals surface area contributed by atoms with Crippen molar-refractivity contribution in [2.75, 3.05) is 12.3 Å². The quantitative estimate of drug-likeness (QED) is 0.489. The zero-order valence-electron chi connectivity index (χ0n) is 6.96. The van der Waals surface area contributed by atoms with Crippen molar-refractivity contribution in [2.45, 2.75) is 17.7 Å². The van der Waals surface area contributed by atoms with Gasteiger partial charge in [-0.05, 0) is 37.1 Å². The first-order valence-electron chi connectivity index (χ1n) is 4.01. The second-order valence-corrected chi connectivity index (χ2v) is 3.27. The Labute approximate surface area is 78.4 Å². The highest BCUT2D eigenvalue weighted by Gasteiger charge is 1.96. The van der Waals surface area contributed by atoms with E-state index in [1.807, 2.05) is 18.2 Å². The first kappa shape index (κ1) is 9.42. The van der Waals surface area contributed by atoms with Gasteiger partial charge in [-0.15, -0.1) is 12.6 Å². The zero-order valence-corrected chi connectivity index (χ0v) is 7.85. The van der Waals surface area contributed by atoms with Crippen LogP contribution in [0.3, 0.4) is 0 Å². The molecule has 0 aromatic heterocycles. The highest BCUT2D eigenvalue weighted by atomic mass is 32.1. The Hall–Kier alpha value is -0.670. The molecule has 0 atom stereocenters. The van der Waals surface area contributed by atoms with Crippen molar-refractivity contribution >= 4 is 18.3 Å². The molecule has 3 heteroatoms. The van der Waals surface area contributed by atoms with Crippen molar-refractivity contribution in [2.24, 2.45) is 5.73 Å². The maximum absolute atomic E-state index is 5.62. The van der Waals surface area contributed by atoms with E-state index in [4.69, 9.17) is 11.5 Å². The molecule has 4 N–H and O–H groups in total. The van der Waals surface area contributed by atoms with E-state index in [0.717, 1.165) is 30.0 Å². The van der Waals surface area contributed by atoms with E-state index in [1.165, 1.54) is 5.56 Å². The summed E-state index contributed by atoms with van der Waals surface area (Å²) < 4.78 is 0. The SMILES string of the molecule is NCCCc1ccc(N)c(S)c1. The Balaban J connectivity index is 2.69. The molecule has 0 fully saturated rings. The van der Waals surface area contributed by atoms with Gasteiger partial charge in [-0.2, -0.15) is 0 Å². The Morgan fingerprint density at radius 2 is 2.08 bits per heavy atom. The molecule has 0 radical (unpaired) electrons. The first-order chi connectivity index (χ1) is 5.74. The summed E-state index contributed by atoms with van der Waals surface area (Å²) in [5.74, 6) is 0. The molecule has 0 aliphatic rings. The van der Waals surface area contributed by atoms with Crippen LogP contribution in [0.15, 0.2) is 23.1 Å². The number of nitrogen functional groups attached to an aromatic ring is 1. The lowest BCUT2D eigenvalue weighted by atomic mass is 10.1. The summed E-state index contributed by atoms with van der Waals surface area (Å²) in [6.45, 7) is 0.728. The van der Waals surface area contributed by atoms with Crippen LogP contribution in [0.4, 0.5) is 5.69 Å². The van der Waals surface area contributed by atoms with Crippen molar-refractivity contribution in [3.05, 3.63) is 23.8 Å². The summed E-state index contributed by atoms with van der Waals surface area (Å²) in [6.07, 6.45) is 2.02. The molecule has 0 saturated heterocycles. The summed E-state index contributed by atoms with van der Waals surface area (Å²) >= 11 is 4.23. The number of aryl methyl sites for hydroxylation is 1. The number of thiol groups is 1. The van der Waals surface area contributed by atoms with Gasteiger partial charge in [0.2, 0.25) is 0 Å². The Bertz CT molecular complexity index is 261. The molecule has 0 unspecified atom stereocenters. The smallest absolute Gasteiger partial charge is 0.0449 e. The molecule has 66 valence electrons. The van der Waals surface area contributed by atoms with Crippen LogP contribution in [0.2, 0.25) is 0 Å². The molecule has 0 heterocycles. The van der Waals surface area contributed by atoms with Crippen LogP contribution in [0.25, 0.3) is 0 Å². The van der Waals surface area contributed by atoms with Crippen LogP contribution >= 0.6 is 12.6 Å². The standard InChI is InChI=1S/C9H14N2S/c10-5-1-2-7-3-4-8(11)9(12)6-7/h3-4,6,12H,1-2,5,10-11H2. The summed E-state index contributed by atoms with van der Waals surface area (Å²) in [6, 6.07) is 5.90. The molecule has 1 rings (SSSR count). The fraction of sp³-hybridized carbons (Fsp3) is 0.333. The van der Waals surface area contributed by atoms with Crippen molar-refractivity contribution in [1.82, 2.24) is 0 Å². The molecule has 2 nitrogen and oxygen atoms in total. The average molecular weight is 182 g/mol. The van der Waals surface area contributed by atoms with E-state index in [9.17, 15) is 0 Å². The Morgan fingerprint density at radius 1 is 1.33 bits per heavy atom. The zero-order chi connectivity index (χ0) is 8.97. The maximum Gasteiger partial charge on any atom is 0.0449 e. The highest BCUT2D eigenvalue weighted by Crippen LogP contribution is 2.18. The van der Waals surface area contributed by atoms with Crippen LogP contribution < -0.4 is 11.5 Å². The number of nitrogens with two attached hydrogens (primary N) is 2. The van der Waals surface area contributed by atoms with E-state index in [2.05, 4.69) is 12.6 Å². The first-order valence-corrected chi connectivity index (χ1v) is 4.46. The second kappa shape index (κ2) is 4.38. The van der Waals surface area contributed by atoms with E-state index in [-0.39, 0.29) is 0 Å². The van der Waals surface area contributed by atoms with Crippen LogP contribution in [0, 0.1) is 0 Å². The second-order valence-electron chi connectivity index (χ2n) is 2.79. The third-order valence-electron chi connectivity index (χ3n) is 1.76. The van der Waals surface area contributed by atoms with Gasteiger partial charge >= 0.3 is 0 Å². The minimum atomic E-state index is 0.728. The minimum absolute atomic E-state index is 0.728. The van der Waals surface area contributed by atoms with Gasteiger partial charge in [0.1, 0.15) is 0 Å². The topological polar surface area (TPSA) is 52.0 Å². The molecule has 12 heavy (non-hydrogen) atoms. The van der Waals surface area contributed by atoms with Crippen molar-refractivity contribution in [1.29, 1.82) is 0 Å². The third kappa shape index (κ3) is 2.43. The molecule has 1 aromatic carbocycles. The molecular formula is C9H14N2S. The van der Waals surface area contributed by atoms with Gasteiger partial charge in [0.15, 0.2) is 0 Å². The molecular weight excluding hydrogens is 168 g/mol. The predicted octanol–water partition coefficient (Wildman–Crippen LogP) is 1.45. The maximum atomic E-state index is 5.62. The number of rotatable bonds is 3. The number of hydrogen-bond donors (Lipinski definition) is 3. The lowest BCUT2D eigenvalue weighted by Gasteiger charge is -2.03. The lowest BCUT2D eigenvalue weighted by Crippen LogP contribution is -2.00. The van der Waals surface area contributed by atoms with Gasteiger partial charge in [0.05, 0.1) is 0 Å². The summed E-state index contributed by atoms with van der Waals surface area (Å²) in [5.41, 5.74) is 13.0. The number of hydrogen-bond acceptors (Lipinski definition) is 3. The number of anilines is 1. The molecule has 1 aromatic rings. The van der Waals surface area contributed by atoms with Crippen LogP contribution in [0.1, 0.15) is 12.0 Å². The monoisotopic (exact) mass is 182 g/mol. The largest absolute Gasteiger partial charge is 0.398 e.